The van der Waals surface area contributed by atoms with Crippen LogP contribution in [0, 0.1) is 19.3 Å². The van der Waals surface area contributed by atoms with Gasteiger partial charge in [-0.25, -0.2) is 0 Å². The first-order valence-corrected chi connectivity index (χ1v) is 5.63. The number of nitrogen functional groups attached to an aromatic ring is 1. The van der Waals surface area contributed by atoms with E-state index in [1.165, 1.54) is 0 Å². The normalized spacial score (nSPS) is 10.1. The Hall–Kier alpha value is -1.41. The second-order valence-electron chi connectivity index (χ2n) is 3.59. The zero-order valence-corrected chi connectivity index (χ0v) is 10.9. The van der Waals surface area contributed by atoms with Crippen LogP contribution in [-0.2, 0) is 0 Å². The number of hydrogen-bond acceptors (Lipinski definition) is 2. The number of nitrogens with two attached hydrogens (primary N) is 1. The average Bonchev–Trinajstić information content (AvgIpc) is 2.29. The molecule has 0 bridgehead atoms. The van der Waals surface area contributed by atoms with Crippen molar-refractivity contribution in [2.24, 2.45) is 0 Å². The molecule has 0 radical (unpaired) electrons. The quantitative estimate of drug-likeness (QED) is 0.496. The van der Waals surface area contributed by atoms with Gasteiger partial charge in [-0.2, -0.15) is 0 Å². The fourth-order valence-corrected chi connectivity index (χ4v) is 2.11. The Morgan fingerprint density at radius 3 is 2.75 bits per heavy atom. The standard InChI is InChI=1S/C13H10INO/c1-3-11-12(15)5-4-9-7-10(16-14)6-8(2)13(9)11/h1,4-7H,15H2,2H3. The number of benzene rings is 2. The van der Waals surface area contributed by atoms with Crippen LogP contribution in [0.15, 0.2) is 24.3 Å². The smallest absolute Gasteiger partial charge is 0.192 e. The molecule has 2 aromatic rings. The number of anilines is 1. The van der Waals surface area contributed by atoms with E-state index >= 15 is 0 Å². The predicted octanol–water partition coefficient (Wildman–Crippen LogP) is 3.44. The molecule has 16 heavy (non-hydrogen) atoms. The molecule has 0 unspecified atom stereocenters. The maximum absolute atomic E-state index is 5.86. The molecule has 2 N–H and O–H groups in total. The van der Waals surface area contributed by atoms with Crippen LogP contribution in [0.1, 0.15) is 11.1 Å². The number of rotatable bonds is 1. The summed E-state index contributed by atoms with van der Waals surface area (Å²) in [6.45, 7) is 2.00. The number of aryl methyl sites for hydroxylation is 1. The first-order chi connectivity index (χ1) is 7.67. The Bertz CT molecular complexity index is 599. The van der Waals surface area contributed by atoms with Crippen LogP contribution in [-0.4, -0.2) is 0 Å². The molecular weight excluding hydrogens is 313 g/mol. The van der Waals surface area contributed by atoms with Gasteiger partial charge in [0.15, 0.2) is 23.0 Å². The van der Waals surface area contributed by atoms with Crippen LogP contribution in [0.25, 0.3) is 10.8 Å². The SMILES string of the molecule is C#Cc1c(N)ccc2cc(OI)cc(C)c12. The lowest BCUT2D eigenvalue weighted by atomic mass is 9.98. The van der Waals surface area contributed by atoms with Crippen LogP contribution in [0.2, 0.25) is 0 Å². The molecule has 0 heterocycles. The van der Waals surface area contributed by atoms with Crippen LogP contribution in [0.4, 0.5) is 5.69 Å². The average molecular weight is 323 g/mol. The summed E-state index contributed by atoms with van der Waals surface area (Å²) in [6.07, 6.45) is 5.49. The van der Waals surface area contributed by atoms with Gasteiger partial charge < -0.3 is 8.80 Å². The molecule has 0 atom stereocenters. The van der Waals surface area contributed by atoms with Gasteiger partial charge in [0, 0.05) is 11.1 Å². The summed E-state index contributed by atoms with van der Waals surface area (Å²) in [7, 11) is 0. The molecule has 0 saturated carbocycles. The zero-order chi connectivity index (χ0) is 11.7. The summed E-state index contributed by atoms with van der Waals surface area (Å²) in [4.78, 5) is 0. The van der Waals surface area contributed by atoms with Gasteiger partial charge in [-0.3, -0.25) is 0 Å². The maximum Gasteiger partial charge on any atom is 0.192 e. The third kappa shape index (κ3) is 1.69. The Morgan fingerprint density at radius 2 is 2.12 bits per heavy atom. The van der Waals surface area contributed by atoms with E-state index in [0.717, 1.165) is 27.6 Å². The van der Waals surface area contributed by atoms with E-state index in [0.29, 0.717) is 5.69 Å². The highest BCUT2D eigenvalue weighted by Crippen LogP contribution is 2.31. The van der Waals surface area contributed by atoms with Gasteiger partial charge in [0.2, 0.25) is 0 Å². The number of fused-ring (bicyclic) bond motifs is 1. The molecule has 0 aliphatic carbocycles. The fourth-order valence-electron chi connectivity index (χ4n) is 1.86. The van der Waals surface area contributed by atoms with Crippen molar-refractivity contribution < 1.29 is 3.07 Å². The van der Waals surface area contributed by atoms with E-state index in [-0.39, 0.29) is 0 Å². The Kier molecular flexibility index (Phi) is 2.92. The zero-order valence-electron chi connectivity index (χ0n) is 8.75. The van der Waals surface area contributed by atoms with E-state index in [1.807, 2.05) is 54.2 Å². The summed E-state index contributed by atoms with van der Waals surface area (Å²) < 4.78 is 5.19. The van der Waals surface area contributed by atoms with Crippen LogP contribution in [0.5, 0.6) is 5.75 Å². The van der Waals surface area contributed by atoms with E-state index in [9.17, 15) is 0 Å². The summed E-state index contributed by atoms with van der Waals surface area (Å²) in [5, 5.41) is 2.08. The molecule has 2 nitrogen and oxygen atoms in total. The van der Waals surface area contributed by atoms with Crippen LogP contribution in [0.3, 0.4) is 0 Å². The third-order valence-corrected chi connectivity index (χ3v) is 3.06. The Morgan fingerprint density at radius 1 is 1.38 bits per heavy atom. The molecule has 0 aliphatic heterocycles. The number of halogens is 1. The minimum absolute atomic E-state index is 0.640. The van der Waals surface area contributed by atoms with Gasteiger partial charge >= 0.3 is 0 Å². The molecule has 0 spiro atoms. The van der Waals surface area contributed by atoms with Crippen molar-refractivity contribution in [3.63, 3.8) is 0 Å². The molecule has 80 valence electrons. The highest BCUT2D eigenvalue weighted by molar-refractivity contribution is 14.1. The molecule has 2 rings (SSSR count). The molecule has 0 fully saturated rings. The largest absolute Gasteiger partial charge is 0.428 e. The van der Waals surface area contributed by atoms with Crippen molar-refractivity contribution in [1.82, 2.24) is 0 Å². The van der Waals surface area contributed by atoms with E-state index in [1.54, 1.807) is 0 Å². The minimum atomic E-state index is 0.640. The Labute approximate surface area is 108 Å². The van der Waals surface area contributed by atoms with Crippen molar-refractivity contribution in [3.05, 3.63) is 35.4 Å². The lowest BCUT2D eigenvalue weighted by Gasteiger charge is -2.09. The molecule has 2 aromatic carbocycles. The predicted molar refractivity (Wildman–Crippen MR) is 75.7 cm³/mol. The first kappa shape index (κ1) is 11.1. The van der Waals surface area contributed by atoms with Crippen LogP contribution >= 0.6 is 23.0 Å². The topological polar surface area (TPSA) is 35.2 Å². The fraction of sp³-hybridized carbons (Fsp3) is 0.0769. The Balaban J connectivity index is 2.90. The van der Waals surface area contributed by atoms with E-state index in [4.69, 9.17) is 15.2 Å². The molecule has 0 aromatic heterocycles. The van der Waals surface area contributed by atoms with Crippen molar-refractivity contribution in [1.29, 1.82) is 0 Å². The number of hydrogen-bond donors (Lipinski definition) is 1. The van der Waals surface area contributed by atoms with Gasteiger partial charge in [-0.1, -0.05) is 12.0 Å². The van der Waals surface area contributed by atoms with Gasteiger partial charge in [0.05, 0.1) is 5.56 Å². The van der Waals surface area contributed by atoms with Gasteiger partial charge in [-0.15, -0.1) is 6.42 Å². The van der Waals surface area contributed by atoms with Crippen LogP contribution < -0.4 is 8.80 Å². The molecule has 0 saturated heterocycles. The van der Waals surface area contributed by atoms with E-state index in [2.05, 4.69) is 5.92 Å². The van der Waals surface area contributed by atoms with E-state index < -0.39 is 0 Å². The highest BCUT2D eigenvalue weighted by atomic mass is 127. The van der Waals surface area contributed by atoms with Crippen molar-refractivity contribution in [2.75, 3.05) is 5.73 Å². The summed E-state index contributed by atoms with van der Waals surface area (Å²) in [6, 6.07) is 7.69. The monoisotopic (exact) mass is 323 g/mol. The van der Waals surface area contributed by atoms with Gasteiger partial charge in [-0.05, 0) is 36.1 Å². The lowest BCUT2D eigenvalue weighted by molar-refractivity contribution is 0.718. The number of terminal acetylenes is 1. The second kappa shape index (κ2) is 4.22. The van der Waals surface area contributed by atoms with Crippen molar-refractivity contribution in [3.8, 4) is 18.1 Å². The second-order valence-corrected chi connectivity index (χ2v) is 4.03. The summed E-state index contributed by atoms with van der Waals surface area (Å²) in [5.74, 6) is 3.47. The molecule has 3 heteroatoms. The van der Waals surface area contributed by atoms with Crippen molar-refractivity contribution in [2.45, 2.75) is 6.92 Å². The third-order valence-electron chi connectivity index (χ3n) is 2.55. The van der Waals surface area contributed by atoms with Gasteiger partial charge in [0.25, 0.3) is 0 Å². The first-order valence-electron chi connectivity index (χ1n) is 4.75. The minimum Gasteiger partial charge on any atom is -0.428 e. The van der Waals surface area contributed by atoms with Crippen molar-refractivity contribution >= 4 is 39.5 Å². The lowest BCUT2D eigenvalue weighted by Crippen LogP contribution is -1.93. The maximum atomic E-state index is 5.86. The molecule has 0 amide bonds. The highest BCUT2D eigenvalue weighted by Gasteiger charge is 2.07. The molecular formula is C13H10INO. The molecule has 0 aliphatic rings. The summed E-state index contributed by atoms with van der Waals surface area (Å²) in [5.41, 5.74) is 8.33. The van der Waals surface area contributed by atoms with Gasteiger partial charge in [0.1, 0.15) is 5.75 Å². The summed E-state index contributed by atoms with van der Waals surface area (Å²) >= 11 is 1.86.